The van der Waals surface area contributed by atoms with Crippen molar-refractivity contribution < 1.29 is 24.1 Å². The zero-order valence-electron chi connectivity index (χ0n) is 16.2. The Labute approximate surface area is 164 Å². The van der Waals surface area contributed by atoms with Crippen LogP contribution in [-0.4, -0.2) is 30.9 Å². The maximum absolute atomic E-state index is 11.0. The van der Waals surface area contributed by atoms with Crippen molar-refractivity contribution in [3.8, 4) is 23.3 Å². The second-order valence-corrected chi connectivity index (χ2v) is 6.06. The van der Waals surface area contributed by atoms with Gasteiger partial charge in [0.2, 0.25) is 0 Å². The van der Waals surface area contributed by atoms with Crippen molar-refractivity contribution in [2.24, 2.45) is 0 Å². The summed E-state index contributed by atoms with van der Waals surface area (Å²) in [6.45, 7) is 7.03. The molecule has 2 aromatic rings. The molecule has 0 bridgehead atoms. The number of hydrogen-bond acceptors (Lipinski definition) is 5. The van der Waals surface area contributed by atoms with E-state index in [0.717, 1.165) is 5.75 Å². The standard InChI is InChI=1S/C22H23NO5/c1-4-26-21-13-17(12-18(14-23)22(24)25)6-8-20(21)28-10-9-27-19-7-5-15(2)16(3)11-19/h5-8,11-13H,4,9-10H2,1-3H3,(H,24,25). The fourth-order valence-corrected chi connectivity index (χ4v) is 2.43. The van der Waals surface area contributed by atoms with Crippen molar-refractivity contribution in [1.29, 1.82) is 5.26 Å². The van der Waals surface area contributed by atoms with Gasteiger partial charge in [-0.15, -0.1) is 0 Å². The maximum Gasteiger partial charge on any atom is 0.346 e. The monoisotopic (exact) mass is 381 g/mol. The van der Waals surface area contributed by atoms with Crippen LogP contribution in [0.2, 0.25) is 0 Å². The average molecular weight is 381 g/mol. The normalized spacial score (nSPS) is 10.9. The number of hydrogen-bond donors (Lipinski definition) is 1. The summed E-state index contributed by atoms with van der Waals surface area (Å²) >= 11 is 0. The molecule has 2 aromatic carbocycles. The molecule has 0 aliphatic rings. The highest BCUT2D eigenvalue weighted by molar-refractivity contribution is 5.96. The van der Waals surface area contributed by atoms with Crippen LogP contribution in [0.15, 0.2) is 42.0 Å². The molecule has 0 saturated heterocycles. The molecule has 0 saturated carbocycles. The van der Waals surface area contributed by atoms with Crippen molar-refractivity contribution in [1.82, 2.24) is 0 Å². The van der Waals surface area contributed by atoms with Crippen LogP contribution in [0.5, 0.6) is 17.2 Å². The van der Waals surface area contributed by atoms with Gasteiger partial charge in [0.05, 0.1) is 6.61 Å². The van der Waals surface area contributed by atoms with Gasteiger partial charge in [-0.25, -0.2) is 4.79 Å². The SMILES string of the molecule is CCOc1cc(C=C(C#N)C(=O)O)ccc1OCCOc1ccc(C)c(C)c1. The minimum Gasteiger partial charge on any atom is -0.490 e. The second-order valence-electron chi connectivity index (χ2n) is 6.06. The zero-order valence-corrected chi connectivity index (χ0v) is 16.2. The number of aryl methyl sites for hydroxylation is 2. The Hall–Kier alpha value is -3.46. The molecule has 146 valence electrons. The van der Waals surface area contributed by atoms with E-state index in [2.05, 4.69) is 0 Å². The summed E-state index contributed by atoms with van der Waals surface area (Å²) in [5, 5.41) is 17.9. The Balaban J connectivity index is 2.03. The third-order valence-corrected chi connectivity index (χ3v) is 4.02. The molecule has 0 radical (unpaired) electrons. The summed E-state index contributed by atoms with van der Waals surface area (Å²) in [6, 6.07) is 12.6. The summed E-state index contributed by atoms with van der Waals surface area (Å²) in [5.41, 5.74) is 2.57. The number of aliphatic carboxylic acids is 1. The lowest BCUT2D eigenvalue weighted by atomic mass is 10.1. The van der Waals surface area contributed by atoms with Crippen LogP contribution >= 0.6 is 0 Å². The second kappa shape index (κ2) is 10.0. The molecule has 2 rings (SSSR count). The number of carboxylic acid groups (broad SMARTS) is 1. The Kier molecular flexibility index (Phi) is 7.46. The third kappa shape index (κ3) is 5.78. The lowest BCUT2D eigenvalue weighted by Gasteiger charge is -2.13. The quantitative estimate of drug-likeness (QED) is 0.399. The minimum absolute atomic E-state index is 0.320. The van der Waals surface area contributed by atoms with E-state index in [4.69, 9.17) is 24.6 Å². The number of carboxylic acids is 1. The number of rotatable bonds is 9. The van der Waals surface area contributed by atoms with Crippen LogP contribution in [0, 0.1) is 25.2 Å². The van der Waals surface area contributed by atoms with Gasteiger partial charge in [-0.1, -0.05) is 12.1 Å². The average Bonchev–Trinajstić information content (AvgIpc) is 2.67. The van der Waals surface area contributed by atoms with E-state index >= 15 is 0 Å². The number of nitriles is 1. The van der Waals surface area contributed by atoms with E-state index in [0.29, 0.717) is 36.9 Å². The molecule has 0 fully saturated rings. The number of benzene rings is 2. The van der Waals surface area contributed by atoms with E-state index in [9.17, 15) is 4.79 Å². The van der Waals surface area contributed by atoms with Crippen molar-refractivity contribution >= 4 is 12.0 Å². The van der Waals surface area contributed by atoms with E-state index in [1.165, 1.54) is 17.2 Å². The van der Waals surface area contributed by atoms with Gasteiger partial charge >= 0.3 is 5.97 Å². The molecule has 0 heterocycles. The number of ether oxygens (including phenoxy) is 3. The molecule has 0 atom stereocenters. The molecular formula is C22H23NO5. The minimum atomic E-state index is -1.27. The van der Waals surface area contributed by atoms with Gasteiger partial charge in [-0.05, 0) is 67.8 Å². The number of nitrogens with zero attached hydrogens (tertiary/aromatic N) is 1. The van der Waals surface area contributed by atoms with Crippen molar-refractivity contribution in [2.75, 3.05) is 19.8 Å². The van der Waals surface area contributed by atoms with Gasteiger partial charge in [0.15, 0.2) is 11.5 Å². The van der Waals surface area contributed by atoms with E-state index in [-0.39, 0.29) is 5.57 Å². The van der Waals surface area contributed by atoms with Gasteiger partial charge < -0.3 is 19.3 Å². The van der Waals surface area contributed by atoms with Crippen LogP contribution in [0.25, 0.3) is 6.08 Å². The Morgan fingerprint density at radius 3 is 2.43 bits per heavy atom. The lowest BCUT2D eigenvalue weighted by molar-refractivity contribution is -0.132. The first kappa shape index (κ1) is 20.8. The smallest absolute Gasteiger partial charge is 0.346 e. The molecular weight excluding hydrogens is 358 g/mol. The topological polar surface area (TPSA) is 88.8 Å². The van der Waals surface area contributed by atoms with Crippen LogP contribution < -0.4 is 14.2 Å². The highest BCUT2D eigenvalue weighted by atomic mass is 16.5. The van der Waals surface area contributed by atoms with Crippen molar-refractivity contribution in [2.45, 2.75) is 20.8 Å². The fraction of sp³-hybridized carbons (Fsp3) is 0.273. The summed E-state index contributed by atoms with van der Waals surface area (Å²) in [4.78, 5) is 11.0. The Bertz CT molecular complexity index is 912. The van der Waals surface area contributed by atoms with Gasteiger partial charge in [0, 0.05) is 0 Å². The van der Waals surface area contributed by atoms with E-state index < -0.39 is 5.97 Å². The Morgan fingerprint density at radius 1 is 1.04 bits per heavy atom. The third-order valence-electron chi connectivity index (χ3n) is 4.02. The molecule has 0 aromatic heterocycles. The van der Waals surface area contributed by atoms with Crippen molar-refractivity contribution in [3.05, 3.63) is 58.7 Å². The van der Waals surface area contributed by atoms with Gasteiger partial charge in [-0.2, -0.15) is 5.26 Å². The van der Waals surface area contributed by atoms with Crippen LogP contribution in [0.4, 0.5) is 0 Å². The highest BCUT2D eigenvalue weighted by Crippen LogP contribution is 2.29. The molecule has 1 N–H and O–H groups in total. The molecule has 6 heteroatoms. The highest BCUT2D eigenvalue weighted by Gasteiger charge is 2.09. The first-order valence-electron chi connectivity index (χ1n) is 8.89. The molecule has 0 unspecified atom stereocenters. The first-order chi connectivity index (χ1) is 13.4. The van der Waals surface area contributed by atoms with Crippen LogP contribution in [0.3, 0.4) is 0 Å². The van der Waals surface area contributed by atoms with E-state index in [1.807, 2.05) is 39.0 Å². The molecule has 6 nitrogen and oxygen atoms in total. The molecule has 0 aliphatic carbocycles. The largest absolute Gasteiger partial charge is 0.490 e. The van der Waals surface area contributed by atoms with E-state index in [1.54, 1.807) is 24.3 Å². The number of carbonyl (C=O) groups is 1. The van der Waals surface area contributed by atoms with Crippen LogP contribution in [0.1, 0.15) is 23.6 Å². The Morgan fingerprint density at radius 2 is 1.79 bits per heavy atom. The van der Waals surface area contributed by atoms with Gasteiger partial charge in [-0.3, -0.25) is 0 Å². The summed E-state index contributed by atoms with van der Waals surface area (Å²) in [5.74, 6) is 0.515. The predicted molar refractivity (Wildman–Crippen MR) is 106 cm³/mol. The van der Waals surface area contributed by atoms with Gasteiger partial charge in [0.1, 0.15) is 30.6 Å². The van der Waals surface area contributed by atoms with Crippen molar-refractivity contribution in [3.63, 3.8) is 0 Å². The van der Waals surface area contributed by atoms with Crippen LogP contribution in [-0.2, 0) is 4.79 Å². The zero-order chi connectivity index (χ0) is 20.5. The maximum atomic E-state index is 11.0. The molecule has 0 aliphatic heterocycles. The summed E-state index contributed by atoms with van der Waals surface area (Å²) in [7, 11) is 0. The molecule has 28 heavy (non-hydrogen) atoms. The fourth-order valence-electron chi connectivity index (χ4n) is 2.43. The summed E-state index contributed by atoms with van der Waals surface area (Å²) < 4.78 is 17.0. The molecule has 0 amide bonds. The lowest BCUT2D eigenvalue weighted by Crippen LogP contribution is -2.10. The first-order valence-corrected chi connectivity index (χ1v) is 8.89. The van der Waals surface area contributed by atoms with Gasteiger partial charge in [0.25, 0.3) is 0 Å². The molecule has 0 spiro atoms. The summed E-state index contributed by atoms with van der Waals surface area (Å²) in [6.07, 6.45) is 1.29. The predicted octanol–water partition coefficient (Wildman–Crippen LogP) is 4.15.